The molecule has 0 bridgehead atoms. The second-order valence-electron chi connectivity index (χ2n) is 7.73. The van der Waals surface area contributed by atoms with E-state index >= 15 is 0 Å². The maximum Gasteiger partial charge on any atom is 0.264 e. The number of benzene rings is 3. The molecule has 0 aliphatic carbocycles. The van der Waals surface area contributed by atoms with E-state index in [9.17, 15) is 13.2 Å². The van der Waals surface area contributed by atoms with Crippen molar-refractivity contribution in [3.63, 3.8) is 0 Å². The Morgan fingerprint density at radius 3 is 2.13 bits per heavy atom. The summed E-state index contributed by atoms with van der Waals surface area (Å²) in [5.41, 5.74) is 4.75. The fourth-order valence-electron chi connectivity index (χ4n) is 4.31. The summed E-state index contributed by atoms with van der Waals surface area (Å²) in [6.45, 7) is 1.69. The second-order valence-corrected chi connectivity index (χ2v) is 9.59. The Kier molecular flexibility index (Phi) is 4.59. The maximum absolute atomic E-state index is 13.1. The number of carbonyl (C=O) groups excluding carboxylic acids is 1. The van der Waals surface area contributed by atoms with Gasteiger partial charge in [-0.1, -0.05) is 42.5 Å². The van der Waals surface area contributed by atoms with Crippen molar-refractivity contribution in [2.24, 2.45) is 0 Å². The molecule has 6 heteroatoms. The number of amides is 1. The normalized spacial score (nSPS) is 15.6. The van der Waals surface area contributed by atoms with Gasteiger partial charge in [0.25, 0.3) is 15.9 Å². The van der Waals surface area contributed by atoms with Crippen molar-refractivity contribution < 1.29 is 13.2 Å². The van der Waals surface area contributed by atoms with E-state index < -0.39 is 10.0 Å². The van der Waals surface area contributed by atoms with Gasteiger partial charge in [0.05, 0.1) is 10.6 Å². The fraction of sp³-hybridized carbons (Fsp3) is 0.208. The summed E-state index contributed by atoms with van der Waals surface area (Å²) >= 11 is 0. The van der Waals surface area contributed by atoms with E-state index in [1.54, 1.807) is 24.3 Å². The van der Waals surface area contributed by atoms with Crippen molar-refractivity contribution in [2.75, 3.05) is 17.4 Å². The molecule has 2 heterocycles. The highest BCUT2D eigenvalue weighted by atomic mass is 32.2. The molecule has 5 rings (SSSR count). The van der Waals surface area contributed by atoms with Crippen LogP contribution in [-0.4, -0.2) is 32.3 Å². The zero-order valence-electron chi connectivity index (χ0n) is 16.5. The first-order chi connectivity index (χ1) is 14.5. The Morgan fingerprint density at radius 2 is 1.37 bits per heavy atom. The van der Waals surface area contributed by atoms with Gasteiger partial charge in [0.15, 0.2) is 0 Å². The quantitative estimate of drug-likeness (QED) is 0.653. The predicted molar refractivity (Wildman–Crippen MR) is 116 cm³/mol. The third kappa shape index (κ3) is 3.17. The van der Waals surface area contributed by atoms with E-state index in [4.69, 9.17) is 0 Å². The first kappa shape index (κ1) is 18.9. The van der Waals surface area contributed by atoms with E-state index in [2.05, 4.69) is 12.1 Å². The molecule has 0 N–H and O–H groups in total. The Labute approximate surface area is 176 Å². The highest BCUT2D eigenvalue weighted by Gasteiger charge is 2.31. The molecule has 5 nitrogen and oxygen atoms in total. The number of carbonyl (C=O) groups is 1. The molecule has 152 valence electrons. The van der Waals surface area contributed by atoms with Crippen LogP contribution in [0, 0.1) is 0 Å². The molecular weight excluding hydrogens is 396 g/mol. The van der Waals surface area contributed by atoms with Crippen LogP contribution in [0.15, 0.2) is 77.7 Å². The van der Waals surface area contributed by atoms with Crippen LogP contribution in [0.3, 0.4) is 0 Å². The summed E-state index contributed by atoms with van der Waals surface area (Å²) in [6.07, 6.45) is 1.55. The summed E-state index contributed by atoms with van der Waals surface area (Å²) in [4.78, 5) is 15.0. The van der Waals surface area contributed by atoms with Gasteiger partial charge in [0, 0.05) is 25.2 Å². The van der Waals surface area contributed by atoms with Crippen LogP contribution in [0.25, 0.3) is 0 Å². The number of sulfonamides is 1. The standard InChI is InChI=1S/C24H22N2O3S/c27-24(25-15-13-18-5-1-2-7-21(18)17-25)20-9-11-22(12-10-20)30(28,29)26-16-14-19-6-3-4-8-23(19)26/h1-12H,13-17H2. The summed E-state index contributed by atoms with van der Waals surface area (Å²) in [6, 6.07) is 22.1. The van der Waals surface area contributed by atoms with Crippen molar-refractivity contribution in [3.8, 4) is 0 Å². The van der Waals surface area contributed by atoms with Gasteiger partial charge in [-0.2, -0.15) is 0 Å². The molecule has 0 saturated heterocycles. The Morgan fingerprint density at radius 1 is 0.733 bits per heavy atom. The fourth-order valence-corrected chi connectivity index (χ4v) is 5.81. The zero-order valence-corrected chi connectivity index (χ0v) is 17.3. The molecular formula is C24H22N2O3S. The van der Waals surface area contributed by atoms with Gasteiger partial charge in [-0.15, -0.1) is 0 Å². The molecule has 1 amide bonds. The Hall–Kier alpha value is -3.12. The van der Waals surface area contributed by atoms with E-state index in [1.807, 2.05) is 41.3 Å². The SMILES string of the molecule is O=C(c1ccc(S(=O)(=O)N2CCc3ccccc32)cc1)N1CCc2ccccc2C1. The van der Waals surface area contributed by atoms with Crippen molar-refractivity contribution in [1.29, 1.82) is 0 Å². The molecule has 3 aromatic rings. The van der Waals surface area contributed by atoms with E-state index in [1.165, 1.54) is 15.4 Å². The van der Waals surface area contributed by atoms with E-state index in [0.717, 1.165) is 17.7 Å². The highest BCUT2D eigenvalue weighted by molar-refractivity contribution is 7.92. The molecule has 0 atom stereocenters. The average molecular weight is 419 g/mol. The van der Waals surface area contributed by atoms with Crippen LogP contribution >= 0.6 is 0 Å². The summed E-state index contributed by atoms with van der Waals surface area (Å²) in [7, 11) is -3.65. The van der Waals surface area contributed by atoms with E-state index in [0.29, 0.717) is 31.6 Å². The average Bonchev–Trinajstić information content (AvgIpc) is 3.23. The molecule has 0 fully saturated rings. The Balaban J connectivity index is 1.37. The van der Waals surface area contributed by atoms with Gasteiger partial charge in [-0.3, -0.25) is 9.10 Å². The molecule has 2 aliphatic rings. The number of anilines is 1. The van der Waals surface area contributed by atoms with Gasteiger partial charge in [0.2, 0.25) is 0 Å². The highest BCUT2D eigenvalue weighted by Crippen LogP contribution is 2.32. The van der Waals surface area contributed by atoms with Crippen LogP contribution in [0.1, 0.15) is 27.0 Å². The first-order valence-corrected chi connectivity index (χ1v) is 11.5. The van der Waals surface area contributed by atoms with Crippen LogP contribution < -0.4 is 4.31 Å². The summed E-state index contributed by atoms with van der Waals surface area (Å²) in [5, 5.41) is 0. The maximum atomic E-state index is 13.1. The summed E-state index contributed by atoms with van der Waals surface area (Å²) < 4.78 is 27.8. The lowest BCUT2D eigenvalue weighted by molar-refractivity contribution is 0.0734. The minimum Gasteiger partial charge on any atom is -0.334 e. The van der Waals surface area contributed by atoms with Gasteiger partial charge >= 0.3 is 0 Å². The molecule has 0 aromatic heterocycles. The van der Waals surface area contributed by atoms with E-state index in [-0.39, 0.29) is 10.8 Å². The number of fused-ring (bicyclic) bond motifs is 2. The summed E-state index contributed by atoms with van der Waals surface area (Å²) in [5.74, 6) is -0.0695. The van der Waals surface area contributed by atoms with Gasteiger partial charge < -0.3 is 4.90 Å². The van der Waals surface area contributed by atoms with Crippen LogP contribution in [-0.2, 0) is 29.4 Å². The molecule has 30 heavy (non-hydrogen) atoms. The molecule has 0 radical (unpaired) electrons. The lowest BCUT2D eigenvalue weighted by Crippen LogP contribution is -2.36. The van der Waals surface area contributed by atoms with Crippen molar-refractivity contribution in [1.82, 2.24) is 4.90 Å². The predicted octanol–water partition coefficient (Wildman–Crippen LogP) is 3.64. The van der Waals surface area contributed by atoms with Gasteiger partial charge in [-0.05, 0) is 59.9 Å². The second kappa shape index (κ2) is 7.29. The van der Waals surface area contributed by atoms with Crippen molar-refractivity contribution >= 4 is 21.6 Å². The lowest BCUT2D eigenvalue weighted by atomic mass is 9.99. The molecule has 0 saturated carbocycles. The molecule has 0 unspecified atom stereocenters. The monoisotopic (exact) mass is 418 g/mol. The first-order valence-electron chi connectivity index (χ1n) is 10.1. The number of nitrogens with zero attached hydrogens (tertiary/aromatic N) is 2. The lowest BCUT2D eigenvalue weighted by Gasteiger charge is -2.29. The molecule has 3 aromatic carbocycles. The smallest absolute Gasteiger partial charge is 0.264 e. The largest absolute Gasteiger partial charge is 0.334 e. The van der Waals surface area contributed by atoms with Crippen molar-refractivity contribution in [2.45, 2.75) is 24.3 Å². The number of hydrogen-bond acceptors (Lipinski definition) is 3. The topological polar surface area (TPSA) is 57.7 Å². The third-order valence-corrected chi connectivity index (χ3v) is 7.78. The number of rotatable bonds is 3. The Bertz CT molecular complexity index is 1220. The number of para-hydroxylation sites is 1. The van der Waals surface area contributed by atoms with Crippen molar-refractivity contribution in [3.05, 3.63) is 95.1 Å². The van der Waals surface area contributed by atoms with Crippen LogP contribution in [0.5, 0.6) is 0 Å². The number of hydrogen-bond donors (Lipinski definition) is 0. The molecule has 2 aliphatic heterocycles. The minimum absolute atomic E-state index is 0.0695. The van der Waals surface area contributed by atoms with Gasteiger partial charge in [-0.25, -0.2) is 8.42 Å². The van der Waals surface area contributed by atoms with Gasteiger partial charge in [0.1, 0.15) is 0 Å². The minimum atomic E-state index is -3.65. The van der Waals surface area contributed by atoms with Crippen LogP contribution in [0.2, 0.25) is 0 Å². The zero-order chi connectivity index (χ0) is 20.7. The molecule has 0 spiro atoms. The third-order valence-electron chi connectivity index (χ3n) is 5.95. The van der Waals surface area contributed by atoms with Crippen LogP contribution in [0.4, 0.5) is 5.69 Å².